The third-order valence-electron chi connectivity index (χ3n) is 3.02. The molecule has 0 aliphatic heterocycles. The van der Waals surface area contributed by atoms with E-state index in [1.165, 1.54) is 23.5 Å². The lowest BCUT2D eigenvalue weighted by atomic mass is 10.2. The van der Waals surface area contributed by atoms with Gasteiger partial charge in [0.05, 0.1) is 15.7 Å². The Morgan fingerprint density at radius 3 is 2.67 bits per heavy atom. The number of anilines is 1. The molecule has 0 fully saturated rings. The fourth-order valence-electron chi connectivity index (χ4n) is 1.83. The summed E-state index contributed by atoms with van der Waals surface area (Å²) >= 11 is 13.3. The van der Waals surface area contributed by atoms with E-state index in [1.807, 2.05) is 18.4 Å². The second-order valence-electron chi connectivity index (χ2n) is 4.32. The van der Waals surface area contributed by atoms with Gasteiger partial charge in [-0.15, -0.1) is 11.3 Å². The van der Waals surface area contributed by atoms with Gasteiger partial charge in [0.15, 0.2) is 0 Å². The normalized spacial score (nSPS) is 11.8. The van der Waals surface area contributed by atoms with Gasteiger partial charge < -0.3 is 5.73 Å². The second kappa shape index (κ2) is 6.54. The van der Waals surface area contributed by atoms with Gasteiger partial charge in [0.25, 0.3) is 0 Å². The summed E-state index contributed by atoms with van der Waals surface area (Å²) in [5.41, 5.74) is 6.85. The molecule has 0 unspecified atom stereocenters. The zero-order valence-electron chi connectivity index (χ0n) is 11.2. The molecule has 4 nitrogen and oxygen atoms in total. The molecule has 2 rings (SSSR count). The summed E-state index contributed by atoms with van der Waals surface area (Å²) in [4.78, 5) is 0.916. The number of halogens is 2. The van der Waals surface area contributed by atoms with Crippen LogP contribution in [0.1, 0.15) is 17.4 Å². The van der Waals surface area contributed by atoms with E-state index >= 15 is 0 Å². The average molecular weight is 365 g/mol. The molecule has 2 aromatic rings. The highest BCUT2D eigenvalue weighted by atomic mass is 35.5. The molecule has 0 saturated carbocycles. The molecule has 0 amide bonds. The van der Waals surface area contributed by atoms with Crippen LogP contribution >= 0.6 is 34.5 Å². The zero-order chi connectivity index (χ0) is 15.6. The van der Waals surface area contributed by atoms with Gasteiger partial charge >= 0.3 is 0 Å². The maximum atomic E-state index is 12.3. The maximum absolute atomic E-state index is 12.3. The fourth-order valence-corrected chi connectivity index (χ4v) is 4.60. The minimum atomic E-state index is -3.75. The number of thiophene rings is 1. The largest absolute Gasteiger partial charge is 0.396 e. The van der Waals surface area contributed by atoms with Gasteiger partial charge in [-0.25, -0.2) is 13.1 Å². The SMILES string of the molecule is CCc1ccsc1CNS(=O)(=O)c1ccc(Cl)c(N)c1Cl. The molecule has 8 heteroatoms. The number of rotatable bonds is 5. The molecule has 0 radical (unpaired) electrons. The van der Waals surface area contributed by atoms with Crippen LogP contribution in [0.3, 0.4) is 0 Å². The lowest BCUT2D eigenvalue weighted by Gasteiger charge is -2.10. The van der Waals surface area contributed by atoms with Crippen molar-refractivity contribution in [2.75, 3.05) is 5.73 Å². The van der Waals surface area contributed by atoms with E-state index in [9.17, 15) is 8.42 Å². The quantitative estimate of drug-likeness (QED) is 0.794. The number of nitrogen functional groups attached to an aromatic ring is 1. The molecule has 0 atom stereocenters. The lowest BCUT2D eigenvalue weighted by molar-refractivity contribution is 0.581. The Bertz CT molecular complexity index is 758. The summed E-state index contributed by atoms with van der Waals surface area (Å²) in [5, 5.41) is 2.11. The first kappa shape index (κ1) is 16.6. The minimum absolute atomic E-state index is 0.0584. The molecule has 3 N–H and O–H groups in total. The van der Waals surface area contributed by atoms with Crippen molar-refractivity contribution in [3.63, 3.8) is 0 Å². The molecular formula is C13H14Cl2N2O2S2. The van der Waals surface area contributed by atoms with Crippen molar-refractivity contribution in [3.8, 4) is 0 Å². The van der Waals surface area contributed by atoms with Crippen LogP contribution in [0.5, 0.6) is 0 Å². The molecule has 0 saturated heterocycles. The monoisotopic (exact) mass is 364 g/mol. The fraction of sp³-hybridized carbons (Fsp3) is 0.231. The molecule has 1 aromatic carbocycles. The standard InChI is InChI=1S/C13H14Cl2N2O2S2/c1-2-8-5-6-20-10(8)7-17-21(18,19)11-4-3-9(14)13(16)12(11)15/h3-6,17H,2,7,16H2,1H3. The van der Waals surface area contributed by atoms with Gasteiger partial charge in [-0.3, -0.25) is 0 Å². The van der Waals surface area contributed by atoms with Gasteiger partial charge in [0, 0.05) is 11.4 Å². The highest BCUT2D eigenvalue weighted by molar-refractivity contribution is 7.89. The van der Waals surface area contributed by atoms with Crippen LogP contribution in [-0.4, -0.2) is 8.42 Å². The van der Waals surface area contributed by atoms with E-state index in [0.717, 1.165) is 16.9 Å². The summed E-state index contributed by atoms with van der Waals surface area (Å²) in [6.45, 7) is 2.25. The topological polar surface area (TPSA) is 72.2 Å². The van der Waals surface area contributed by atoms with E-state index in [0.29, 0.717) is 0 Å². The van der Waals surface area contributed by atoms with Crippen molar-refractivity contribution in [1.29, 1.82) is 0 Å². The number of aryl methyl sites for hydroxylation is 1. The van der Waals surface area contributed by atoms with Crippen molar-refractivity contribution in [1.82, 2.24) is 4.72 Å². The van der Waals surface area contributed by atoms with E-state index in [-0.39, 0.29) is 27.2 Å². The Morgan fingerprint density at radius 2 is 2.00 bits per heavy atom. The summed E-state index contributed by atoms with van der Waals surface area (Å²) in [7, 11) is -3.75. The minimum Gasteiger partial charge on any atom is -0.396 e. The predicted octanol–water partition coefficient (Wildman–Crippen LogP) is 3.68. The first-order valence-electron chi connectivity index (χ1n) is 6.15. The molecule has 1 aromatic heterocycles. The van der Waals surface area contributed by atoms with Crippen molar-refractivity contribution in [3.05, 3.63) is 44.1 Å². The molecular weight excluding hydrogens is 351 g/mol. The van der Waals surface area contributed by atoms with E-state index in [1.54, 1.807) is 0 Å². The van der Waals surface area contributed by atoms with Crippen molar-refractivity contribution in [2.24, 2.45) is 0 Å². The number of nitrogens with two attached hydrogens (primary N) is 1. The zero-order valence-corrected chi connectivity index (χ0v) is 14.3. The summed E-state index contributed by atoms with van der Waals surface area (Å²) in [6, 6.07) is 4.75. The van der Waals surface area contributed by atoms with Crippen LogP contribution in [0.2, 0.25) is 10.0 Å². The second-order valence-corrected chi connectivity index (χ2v) is 7.84. The molecule has 114 valence electrons. The highest BCUT2D eigenvalue weighted by Crippen LogP contribution is 2.33. The van der Waals surface area contributed by atoms with Crippen LogP contribution < -0.4 is 10.5 Å². The third kappa shape index (κ3) is 3.52. The Balaban J connectivity index is 2.25. The van der Waals surface area contributed by atoms with Crippen LogP contribution in [0.25, 0.3) is 0 Å². The summed E-state index contributed by atoms with van der Waals surface area (Å²) < 4.78 is 27.2. The van der Waals surface area contributed by atoms with Gasteiger partial charge in [0.2, 0.25) is 10.0 Å². The summed E-state index contributed by atoms with van der Waals surface area (Å²) in [5.74, 6) is 0. The molecule has 0 bridgehead atoms. The van der Waals surface area contributed by atoms with Crippen LogP contribution in [0.4, 0.5) is 5.69 Å². The average Bonchev–Trinajstić information content (AvgIpc) is 2.90. The maximum Gasteiger partial charge on any atom is 0.242 e. The van der Waals surface area contributed by atoms with E-state index in [2.05, 4.69) is 4.72 Å². The van der Waals surface area contributed by atoms with Crippen molar-refractivity contribution >= 4 is 50.2 Å². The Kier molecular flexibility index (Phi) is 5.16. The predicted molar refractivity (Wildman–Crippen MR) is 88.6 cm³/mol. The molecule has 21 heavy (non-hydrogen) atoms. The summed E-state index contributed by atoms with van der Waals surface area (Å²) in [6.07, 6.45) is 0.856. The lowest BCUT2D eigenvalue weighted by Crippen LogP contribution is -2.23. The van der Waals surface area contributed by atoms with Crippen molar-refractivity contribution < 1.29 is 8.42 Å². The third-order valence-corrected chi connectivity index (χ3v) is 6.28. The van der Waals surface area contributed by atoms with Crippen molar-refractivity contribution in [2.45, 2.75) is 24.8 Å². The first-order chi connectivity index (χ1) is 9.86. The van der Waals surface area contributed by atoms with Gasteiger partial charge in [0.1, 0.15) is 4.90 Å². The number of nitrogens with one attached hydrogen (secondary N) is 1. The Morgan fingerprint density at radius 1 is 1.29 bits per heavy atom. The van der Waals surface area contributed by atoms with Crippen LogP contribution in [-0.2, 0) is 23.0 Å². The number of benzene rings is 1. The Labute approximate surface area is 137 Å². The molecule has 0 aliphatic carbocycles. The van der Waals surface area contributed by atoms with Crippen LogP contribution in [0, 0.1) is 0 Å². The van der Waals surface area contributed by atoms with E-state index in [4.69, 9.17) is 28.9 Å². The van der Waals surface area contributed by atoms with Gasteiger partial charge in [-0.1, -0.05) is 30.1 Å². The molecule has 1 heterocycles. The molecule has 0 spiro atoms. The Hall–Kier alpha value is -0.790. The molecule has 0 aliphatic rings. The van der Waals surface area contributed by atoms with Gasteiger partial charge in [-0.2, -0.15) is 0 Å². The van der Waals surface area contributed by atoms with E-state index < -0.39 is 10.0 Å². The first-order valence-corrected chi connectivity index (χ1v) is 9.27. The number of hydrogen-bond acceptors (Lipinski definition) is 4. The smallest absolute Gasteiger partial charge is 0.242 e. The number of sulfonamides is 1. The number of hydrogen-bond donors (Lipinski definition) is 2. The highest BCUT2D eigenvalue weighted by Gasteiger charge is 2.21. The van der Waals surface area contributed by atoms with Gasteiger partial charge in [-0.05, 0) is 35.6 Å². The van der Waals surface area contributed by atoms with Crippen LogP contribution in [0.15, 0.2) is 28.5 Å².